The van der Waals surface area contributed by atoms with Gasteiger partial charge in [0.1, 0.15) is 0 Å². The van der Waals surface area contributed by atoms with Crippen molar-refractivity contribution >= 4 is 0 Å². The molecular formula is C13H25NO4. The van der Waals surface area contributed by atoms with Gasteiger partial charge in [-0.2, -0.15) is 0 Å². The van der Waals surface area contributed by atoms with E-state index in [0.29, 0.717) is 19.2 Å². The molecule has 5 heteroatoms. The molecule has 0 aromatic rings. The van der Waals surface area contributed by atoms with Crippen molar-refractivity contribution in [3.63, 3.8) is 0 Å². The molecule has 0 aliphatic carbocycles. The summed E-state index contributed by atoms with van der Waals surface area (Å²) < 4.78 is 16.4. The predicted octanol–water partition coefficient (Wildman–Crippen LogP) is 0.264. The summed E-state index contributed by atoms with van der Waals surface area (Å²) in [6, 6.07) is 0.465. The number of ether oxygens (including phenoxy) is 3. The van der Waals surface area contributed by atoms with Gasteiger partial charge in [-0.3, -0.25) is 0 Å². The molecule has 1 spiro atoms. The lowest BCUT2D eigenvalue weighted by molar-refractivity contribution is -0.107. The first-order valence-electron chi connectivity index (χ1n) is 6.74. The van der Waals surface area contributed by atoms with Crippen LogP contribution in [0.1, 0.15) is 19.3 Å². The van der Waals surface area contributed by atoms with Crippen molar-refractivity contribution < 1.29 is 19.3 Å². The molecule has 2 aliphatic rings. The maximum absolute atomic E-state index is 9.78. The van der Waals surface area contributed by atoms with E-state index in [1.165, 1.54) is 0 Å². The number of rotatable bonds is 5. The third-order valence-corrected chi connectivity index (χ3v) is 4.02. The van der Waals surface area contributed by atoms with Gasteiger partial charge in [-0.25, -0.2) is 0 Å². The Hall–Kier alpha value is -0.200. The molecule has 2 rings (SSSR count). The van der Waals surface area contributed by atoms with E-state index in [-0.39, 0.29) is 5.60 Å². The molecule has 5 nitrogen and oxygen atoms in total. The highest BCUT2D eigenvalue weighted by Gasteiger charge is 2.42. The molecule has 2 saturated heterocycles. The van der Waals surface area contributed by atoms with Crippen molar-refractivity contribution in [3.8, 4) is 0 Å². The van der Waals surface area contributed by atoms with Crippen LogP contribution in [0.4, 0.5) is 0 Å². The van der Waals surface area contributed by atoms with Crippen LogP contribution in [0.25, 0.3) is 0 Å². The van der Waals surface area contributed by atoms with Crippen LogP contribution in [0, 0.1) is 0 Å². The van der Waals surface area contributed by atoms with Gasteiger partial charge in [0.15, 0.2) is 0 Å². The van der Waals surface area contributed by atoms with Gasteiger partial charge in [0.25, 0.3) is 0 Å². The quantitative estimate of drug-likeness (QED) is 0.768. The van der Waals surface area contributed by atoms with E-state index in [1.807, 2.05) is 0 Å². The topological polar surface area (TPSA) is 51.2 Å². The normalized spacial score (nSPS) is 34.3. The van der Waals surface area contributed by atoms with Crippen molar-refractivity contribution in [1.82, 2.24) is 4.90 Å². The molecule has 18 heavy (non-hydrogen) atoms. The van der Waals surface area contributed by atoms with Crippen molar-refractivity contribution in [1.29, 1.82) is 0 Å². The fourth-order valence-electron chi connectivity index (χ4n) is 2.97. The van der Waals surface area contributed by atoms with E-state index in [4.69, 9.17) is 14.2 Å². The van der Waals surface area contributed by atoms with Crippen LogP contribution >= 0.6 is 0 Å². The molecule has 2 aliphatic heterocycles. The smallest absolute Gasteiger partial charge is 0.0951 e. The number of aliphatic hydroxyl groups excluding tert-OH is 1. The summed E-state index contributed by atoms with van der Waals surface area (Å²) in [6.07, 6.45) is 2.61. The van der Waals surface area contributed by atoms with Gasteiger partial charge in [-0.15, -0.1) is 0 Å². The fourth-order valence-corrected chi connectivity index (χ4v) is 2.97. The van der Waals surface area contributed by atoms with Crippen LogP contribution < -0.4 is 0 Å². The minimum absolute atomic E-state index is 0.0661. The first kappa shape index (κ1) is 14.2. The molecule has 0 bridgehead atoms. The Morgan fingerprint density at radius 2 is 2.33 bits per heavy atom. The van der Waals surface area contributed by atoms with Gasteiger partial charge in [0, 0.05) is 39.3 Å². The molecule has 0 aromatic carbocycles. The number of aliphatic hydroxyl groups is 1. The van der Waals surface area contributed by atoms with Crippen molar-refractivity contribution in [2.24, 2.45) is 0 Å². The summed E-state index contributed by atoms with van der Waals surface area (Å²) in [7, 11) is 3.68. The van der Waals surface area contributed by atoms with Gasteiger partial charge in [0.2, 0.25) is 0 Å². The fraction of sp³-hybridized carbons (Fsp3) is 1.00. The number of methoxy groups -OCH3 is 1. The number of likely N-dealkylation sites (N-methyl/N-ethyl adjacent to an activating group) is 1. The second-order valence-electron chi connectivity index (χ2n) is 5.53. The molecule has 3 unspecified atom stereocenters. The maximum Gasteiger partial charge on any atom is 0.0951 e. The van der Waals surface area contributed by atoms with Crippen LogP contribution in [-0.2, 0) is 14.2 Å². The second-order valence-corrected chi connectivity index (χ2v) is 5.53. The minimum atomic E-state index is -0.418. The number of hydrogen-bond donors (Lipinski definition) is 1. The Morgan fingerprint density at radius 1 is 1.50 bits per heavy atom. The molecule has 0 amide bonds. The van der Waals surface area contributed by atoms with Crippen LogP contribution in [0.15, 0.2) is 0 Å². The Morgan fingerprint density at radius 3 is 3.00 bits per heavy atom. The first-order chi connectivity index (χ1) is 8.65. The largest absolute Gasteiger partial charge is 0.389 e. The zero-order valence-corrected chi connectivity index (χ0v) is 11.4. The zero-order chi connectivity index (χ0) is 13.0. The lowest BCUT2D eigenvalue weighted by Gasteiger charge is -2.41. The van der Waals surface area contributed by atoms with Crippen molar-refractivity contribution in [3.05, 3.63) is 0 Å². The molecular weight excluding hydrogens is 234 g/mol. The van der Waals surface area contributed by atoms with E-state index in [2.05, 4.69) is 11.9 Å². The van der Waals surface area contributed by atoms with Crippen molar-refractivity contribution in [2.45, 2.75) is 37.0 Å². The molecule has 106 valence electrons. The molecule has 2 fully saturated rings. The Bertz CT molecular complexity index is 255. The average molecular weight is 259 g/mol. The predicted molar refractivity (Wildman–Crippen MR) is 67.7 cm³/mol. The first-order valence-corrected chi connectivity index (χ1v) is 6.74. The van der Waals surface area contributed by atoms with Crippen molar-refractivity contribution in [2.75, 3.05) is 47.1 Å². The summed E-state index contributed by atoms with van der Waals surface area (Å²) in [5.41, 5.74) is -0.0661. The summed E-state index contributed by atoms with van der Waals surface area (Å²) in [6.45, 7) is 3.36. The summed E-state index contributed by atoms with van der Waals surface area (Å²) in [5.74, 6) is 0. The van der Waals surface area contributed by atoms with Gasteiger partial charge in [-0.05, 0) is 19.9 Å². The monoisotopic (exact) mass is 259 g/mol. The number of hydrogen-bond acceptors (Lipinski definition) is 5. The molecule has 1 N–H and O–H groups in total. The average Bonchev–Trinajstić information content (AvgIpc) is 2.77. The molecule has 2 heterocycles. The van der Waals surface area contributed by atoms with E-state index in [0.717, 1.165) is 39.1 Å². The summed E-state index contributed by atoms with van der Waals surface area (Å²) in [4.78, 5) is 2.23. The van der Waals surface area contributed by atoms with Crippen LogP contribution in [-0.4, -0.2) is 74.9 Å². The standard InChI is InChI=1S/C13H25NO4/c1-14(8-12(15)9-16-2)11-3-5-18-13(7-11)4-6-17-10-13/h11-12,15H,3-10H2,1-2H3. The maximum atomic E-state index is 9.78. The van der Waals surface area contributed by atoms with E-state index in [1.54, 1.807) is 7.11 Å². The Balaban J connectivity index is 1.84. The zero-order valence-electron chi connectivity index (χ0n) is 11.4. The van der Waals surface area contributed by atoms with Crippen LogP contribution in [0.5, 0.6) is 0 Å². The lowest BCUT2D eigenvalue weighted by atomic mass is 9.89. The molecule has 0 saturated carbocycles. The third kappa shape index (κ3) is 3.42. The second kappa shape index (κ2) is 6.30. The van der Waals surface area contributed by atoms with E-state index < -0.39 is 6.10 Å². The van der Waals surface area contributed by atoms with Crippen LogP contribution in [0.2, 0.25) is 0 Å². The van der Waals surface area contributed by atoms with Gasteiger partial charge in [-0.1, -0.05) is 0 Å². The highest BCUT2D eigenvalue weighted by atomic mass is 16.6. The highest BCUT2D eigenvalue weighted by Crippen LogP contribution is 2.34. The summed E-state index contributed by atoms with van der Waals surface area (Å²) in [5, 5.41) is 9.78. The molecule has 3 atom stereocenters. The minimum Gasteiger partial charge on any atom is -0.389 e. The van der Waals surface area contributed by atoms with E-state index >= 15 is 0 Å². The molecule has 0 aromatic heterocycles. The lowest BCUT2D eigenvalue weighted by Crippen LogP contribution is -2.49. The number of nitrogens with zero attached hydrogens (tertiary/aromatic N) is 1. The Labute approximate surface area is 109 Å². The van der Waals surface area contributed by atoms with E-state index in [9.17, 15) is 5.11 Å². The van der Waals surface area contributed by atoms with Crippen LogP contribution in [0.3, 0.4) is 0 Å². The van der Waals surface area contributed by atoms with Gasteiger partial charge in [0.05, 0.1) is 24.9 Å². The summed E-state index contributed by atoms with van der Waals surface area (Å²) >= 11 is 0. The third-order valence-electron chi connectivity index (χ3n) is 4.02. The van der Waals surface area contributed by atoms with Gasteiger partial charge >= 0.3 is 0 Å². The molecule has 0 radical (unpaired) electrons. The Kier molecular flexibility index (Phi) is 4.98. The SMILES string of the molecule is COCC(O)CN(C)C1CCOC2(CCOC2)C1. The highest BCUT2D eigenvalue weighted by molar-refractivity contribution is 4.93. The van der Waals surface area contributed by atoms with Gasteiger partial charge < -0.3 is 24.2 Å².